The van der Waals surface area contributed by atoms with Crippen LogP contribution in [0.1, 0.15) is 24.0 Å². The molecule has 154 valence electrons. The molecule has 0 aromatic heterocycles. The van der Waals surface area contributed by atoms with Gasteiger partial charge in [0.2, 0.25) is 11.8 Å². The standard InChI is InChI=1S/C23H27FN2O2S/c1-18-10-11-21(20(24)16-18)29-17-23(28)26-14-12-25(13-15-26)22(27)9-5-8-19-6-3-2-4-7-19/h2-4,6-7,10-11,16H,5,8-9,12-15,17H2,1H3. The number of rotatable bonds is 7. The molecule has 0 unspecified atom stereocenters. The topological polar surface area (TPSA) is 40.6 Å². The van der Waals surface area contributed by atoms with Gasteiger partial charge in [0.1, 0.15) is 5.82 Å². The van der Waals surface area contributed by atoms with Gasteiger partial charge in [0.25, 0.3) is 0 Å². The smallest absolute Gasteiger partial charge is 0.233 e. The first-order valence-electron chi connectivity index (χ1n) is 10.0. The predicted molar refractivity (Wildman–Crippen MR) is 114 cm³/mol. The van der Waals surface area contributed by atoms with Crippen LogP contribution in [-0.2, 0) is 16.0 Å². The van der Waals surface area contributed by atoms with Crippen molar-refractivity contribution in [3.63, 3.8) is 0 Å². The van der Waals surface area contributed by atoms with Crippen LogP contribution in [-0.4, -0.2) is 53.5 Å². The number of piperazine rings is 1. The van der Waals surface area contributed by atoms with Crippen LogP contribution in [0.2, 0.25) is 0 Å². The molecule has 0 aliphatic carbocycles. The molecule has 1 aliphatic rings. The molecule has 1 saturated heterocycles. The molecule has 1 heterocycles. The molecule has 0 N–H and O–H groups in total. The van der Waals surface area contributed by atoms with Crippen LogP contribution in [0.4, 0.5) is 4.39 Å². The van der Waals surface area contributed by atoms with Crippen molar-refractivity contribution >= 4 is 23.6 Å². The van der Waals surface area contributed by atoms with Gasteiger partial charge in [0, 0.05) is 37.5 Å². The maximum Gasteiger partial charge on any atom is 0.233 e. The Morgan fingerprint density at radius 3 is 2.28 bits per heavy atom. The lowest BCUT2D eigenvalue weighted by Crippen LogP contribution is -2.51. The summed E-state index contributed by atoms with van der Waals surface area (Å²) >= 11 is 1.23. The molecule has 2 amide bonds. The van der Waals surface area contributed by atoms with Crippen molar-refractivity contribution in [2.75, 3.05) is 31.9 Å². The van der Waals surface area contributed by atoms with Crippen molar-refractivity contribution in [1.82, 2.24) is 9.80 Å². The lowest BCUT2D eigenvalue weighted by molar-refractivity contribution is -0.138. The summed E-state index contributed by atoms with van der Waals surface area (Å²) < 4.78 is 13.9. The van der Waals surface area contributed by atoms with Gasteiger partial charge in [0.05, 0.1) is 5.75 Å². The lowest BCUT2D eigenvalue weighted by Gasteiger charge is -2.35. The van der Waals surface area contributed by atoms with E-state index in [1.54, 1.807) is 11.0 Å². The summed E-state index contributed by atoms with van der Waals surface area (Å²) in [6, 6.07) is 15.2. The Kier molecular flexibility index (Phi) is 7.69. The molecule has 0 radical (unpaired) electrons. The summed E-state index contributed by atoms with van der Waals surface area (Å²) in [4.78, 5) is 29.0. The van der Waals surface area contributed by atoms with Gasteiger partial charge in [-0.3, -0.25) is 9.59 Å². The van der Waals surface area contributed by atoms with Crippen LogP contribution < -0.4 is 0 Å². The third-order valence-corrected chi connectivity index (χ3v) is 6.16. The van der Waals surface area contributed by atoms with Gasteiger partial charge in [-0.2, -0.15) is 0 Å². The second kappa shape index (κ2) is 10.4. The SMILES string of the molecule is Cc1ccc(SCC(=O)N2CCN(C(=O)CCCc3ccccc3)CC2)c(F)c1. The highest BCUT2D eigenvalue weighted by Crippen LogP contribution is 2.23. The molecular formula is C23H27FN2O2S. The van der Waals surface area contributed by atoms with Crippen LogP contribution in [0.5, 0.6) is 0 Å². The highest BCUT2D eigenvalue weighted by atomic mass is 32.2. The minimum absolute atomic E-state index is 0.00819. The number of hydrogen-bond donors (Lipinski definition) is 0. The van der Waals surface area contributed by atoms with Crippen molar-refractivity contribution in [3.05, 3.63) is 65.5 Å². The fourth-order valence-corrected chi connectivity index (χ4v) is 4.23. The molecule has 2 aromatic rings. The second-order valence-corrected chi connectivity index (χ2v) is 8.34. The molecule has 1 aliphatic heterocycles. The number of halogens is 1. The molecule has 6 heteroatoms. The summed E-state index contributed by atoms with van der Waals surface area (Å²) in [6.07, 6.45) is 2.27. The lowest BCUT2D eigenvalue weighted by atomic mass is 10.1. The average molecular weight is 415 g/mol. The number of carbonyl (C=O) groups excluding carboxylic acids is 2. The van der Waals surface area contributed by atoms with E-state index in [0.717, 1.165) is 18.4 Å². The first-order valence-corrected chi connectivity index (χ1v) is 11.0. The third-order valence-electron chi connectivity index (χ3n) is 5.12. The Bertz CT molecular complexity index is 836. The molecule has 0 bridgehead atoms. The van der Waals surface area contributed by atoms with Gasteiger partial charge in [-0.1, -0.05) is 36.4 Å². The summed E-state index contributed by atoms with van der Waals surface area (Å²) in [5.74, 6) is 0.0781. The van der Waals surface area contributed by atoms with E-state index in [4.69, 9.17) is 0 Å². The molecule has 4 nitrogen and oxygen atoms in total. The highest BCUT2D eigenvalue weighted by Gasteiger charge is 2.24. The highest BCUT2D eigenvalue weighted by molar-refractivity contribution is 8.00. The Labute approximate surface area is 176 Å². The van der Waals surface area contributed by atoms with Crippen molar-refractivity contribution in [3.8, 4) is 0 Å². The minimum Gasteiger partial charge on any atom is -0.339 e. The number of aryl methyl sites for hydroxylation is 2. The molecular weight excluding hydrogens is 387 g/mol. The van der Waals surface area contributed by atoms with Crippen molar-refractivity contribution in [2.24, 2.45) is 0 Å². The fourth-order valence-electron chi connectivity index (χ4n) is 3.41. The zero-order valence-corrected chi connectivity index (χ0v) is 17.6. The first kappa shape index (κ1) is 21.4. The predicted octanol–water partition coefficient (Wildman–Crippen LogP) is 3.92. The van der Waals surface area contributed by atoms with E-state index in [2.05, 4.69) is 12.1 Å². The number of hydrogen-bond acceptors (Lipinski definition) is 3. The Morgan fingerprint density at radius 1 is 0.966 bits per heavy atom. The number of carbonyl (C=O) groups is 2. The molecule has 3 rings (SSSR count). The van der Waals surface area contributed by atoms with Crippen LogP contribution in [0, 0.1) is 12.7 Å². The average Bonchev–Trinajstić information content (AvgIpc) is 2.74. The van der Waals surface area contributed by atoms with Gasteiger partial charge >= 0.3 is 0 Å². The number of nitrogens with zero attached hydrogens (tertiary/aromatic N) is 2. The summed E-state index contributed by atoms with van der Waals surface area (Å²) in [6.45, 7) is 4.06. The molecule has 0 saturated carbocycles. The van der Waals surface area contributed by atoms with Gasteiger partial charge in [-0.05, 0) is 43.0 Å². The van der Waals surface area contributed by atoms with Gasteiger partial charge < -0.3 is 9.80 Å². The van der Waals surface area contributed by atoms with E-state index >= 15 is 0 Å². The monoisotopic (exact) mass is 414 g/mol. The van der Waals surface area contributed by atoms with E-state index < -0.39 is 0 Å². The molecule has 2 aromatic carbocycles. The molecule has 0 atom stereocenters. The number of amides is 2. The number of thioether (sulfide) groups is 1. The summed E-state index contributed by atoms with van der Waals surface area (Å²) in [5.41, 5.74) is 2.11. The van der Waals surface area contributed by atoms with E-state index in [1.807, 2.05) is 36.1 Å². The van der Waals surface area contributed by atoms with Gasteiger partial charge in [-0.25, -0.2) is 4.39 Å². The first-order chi connectivity index (χ1) is 14.0. The van der Waals surface area contributed by atoms with Crippen LogP contribution in [0.3, 0.4) is 0 Å². The fraction of sp³-hybridized carbons (Fsp3) is 0.391. The van der Waals surface area contributed by atoms with Crippen molar-refractivity contribution in [1.29, 1.82) is 0 Å². The Hall–Kier alpha value is -2.34. The normalized spacial score (nSPS) is 14.1. The minimum atomic E-state index is -0.284. The van der Waals surface area contributed by atoms with Crippen LogP contribution in [0.25, 0.3) is 0 Å². The van der Waals surface area contributed by atoms with E-state index in [1.165, 1.54) is 23.4 Å². The van der Waals surface area contributed by atoms with E-state index in [-0.39, 0.29) is 23.4 Å². The zero-order chi connectivity index (χ0) is 20.6. The van der Waals surface area contributed by atoms with Gasteiger partial charge in [0.15, 0.2) is 0 Å². The maximum absolute atomic E-state index is 13.9. The Morgan fingerprint density at radius 2 is 1.62 bits per heavy atom. The van der Waals surface area contributed by atoms with Crippen molar-refractivity contribution < 1.29 is 14.0 Å². The zero-order valence-electron chi connectivity index (χ0n) is 16.8. The molecule has 29 heavy (non-hydrogen) atoms. The second-order valence-electron chi connectivity index (χ2n) is 7.32. The molecule has 0 spiro atoms. The quantitative estimate of drug-likeness (QED) is 0.645. The third kappa shape index (κ3) is 6.32. The number of benzene rings is 2. The van der Waals surface area contributed by atoms with E-state index in [9.17, 15) is 14.0 Å². The maximum atomic E-state index is 13.9. The van der Waals surface area contributed by atoms with Crippen LogP contribution >= 0.6 is 11.8 Å². The van der Waals surface area contributed by atoms with Crippen molar-refractivity contribution in [2.45, 2.75) is 31.1 Å². The van der Waals surface area contributed by atoms with E-state index in [0.29, 0.717) is 37.5 Å². The summed E-state index contributed by atoms with van der Waals surface area (Å²) in [7, 11) is 0. The van der Waals surface area contributed by atoms with Gasteiger partial charge in [-0.15, -0.1) is 11.8 Å². The van der Waals surface area contributed by atoms with Crippen LogP contribution in [0.15, 0.2) is 53.4 Å². The summed E-state index contributed by atoms with van der Waals surface area (Å²) in [5, 5.41) is 0. The molecule has 1 fully saturated rings. The largest absolute Gasteiger partial charge is 0.339 e. The Balaban J connectivity index is 1.37.